The molecule has 0 amide bonds. The highest BCUT2D eigenvalue weighted by Gasteiger charge is 2.07. The molecule has 0 fully saturated rings. The molecule has 0 spiro atoms. The molecule has 0 heterocycles. The lowest BCUT2D eigenvalue weighted by Gasteiger charge is -2.07. The Hall–Kier alpha value is -2.03. The summed E-state index contributed by atoms with van der Waals surface area (Å²) in [7, 11) is 0. The van der Waals surface area contributed by atoms with Crippen LogP contribution in [0.3, 0.4) is 0 Å². The first kappa shape index (κ1) is 13.0. The molecule has 90 valence electrons. The fourth-order valence-electron chi connectivity index (χ4n) is 1.18. The van der Waals surface area contributed by atoms with Gasteiger partial charge in [-0.25, -0.2) is 4.79 Å². The van der Waals surface area contributed by atoms with Gasteiger partial charge >= 0.3 is 5.97 Å². The molecule has 0 aliphatic carbocycles. The van der Waals surface area contributed by atoms with Crippen LogP contribution >= 0.6 is 0 Å². The summed E-state index contributed by atoms with van der Waals surface area (Å²) in [5, 5.41) is 0. The van der Waals surface area contributed by atoms with E-state index in [-0.39, 0.29) is 0 Å². The van der Waals surface area contributed by atoms with E-state index in [1.165, 1.54) is 6.26 Å². The fourth-order valence-corrected chi connectivity index (χ4v) is 1.18. The van der Waals surface area contributed by atoms with Crippen molar-refractivity contribution in [3.8, 4) is 5.75 Å². The third-order valence-electron chi connectivity index (χ3n) is 2.19. The molecule has 0 bridgehead atoms. The van der Waals surface area contributed by atoms with E-state index in [4.69, 9.17) is 9.47 Å². The Labute approximate surface area is 101 Å². The largest absolute Gasteiger partial charge is 0.497 e. The molecule has 3 heteroatoms. The van der Waals surface area contributed by atoms with Gasteiger partial charge in [-0.3, -0.25) is 0 Å². The average molecular weight is 232 g/mol. The number of benzene rings is 1. The van der Waals surface area contributed by atoms with E-state index in [0.29, 0.717) is 24.4 Å². The van der Waals surface area contributed by atoms with E-state index < -0.39 is 5.97 Å². The van der Waals surface area contributed by atoms with Gasteiger partial charge in [0.1, 0.15) is 12.4 Å². The van der Waals surface area contributed by atoms with Crippen LogP contribution in [-0.2, 0) is 16.1 Å². The highest BCUT2D eigenvalue weighted by atomic mass is 16.5. The van der Waals surface area contributed by atoms with Gasteiger partial charge in [0.05, 0.1) is 6.26 Å². The molecule has 3 nitrogen and oxygen atoms in total. The van der Waals surface area contributed by atoms with E-state index in [1.54, 1.807) is 18.2 Å². The smallest absolute Gasteiger partial charge is 0.338 e. The average Bonchev–Trinajstić information content (AvgIpc) is 2.35. The standard InChI is InChI=1S/C14H16O3/c1-4-11(3)14(15)17-13-8-6-7-12(9-13)10-16-5-2/h5-9H,2-4,10H2,1H3. The minimum Gasteiger partial charge on any atom is -0.497 e. The minimum atomic E-state index is -0.394. The normalized spacial score (nSPS) is 9.47. The number of hydrogen-bond acceptors (Lipinski definition) is 3. The monoisotopic (exact) mass is 232 g/mol. The molecule has 0 aromatic heterocycles. The van der Waals surface area contributed by atoms with Crippen LogP contribution in [0.25, 0.3) is 0 Å². The quantitative estimate of drug-likeness (QED) is 0.327. The molecule has 0 radical (unpaired) electrons. The van der Waals surface area contributed by atoms with Crippen LogP contribution in [0.5, 0.6) is 5.75 Å². The van der Waals surface area contributed by atoms with Gasteiger partial charge in [0.2, 0.25) is 0 Å². The van der Waals surface area contributed by atoms with Crippen LogP contribution in [0.1, 0.15) is 18.9 Å². The number of rotatable bonds is 6. The number of ether oxygens (including phenoxy) is 2. The van der Waals surface area contributed by atoms with Crippen LogP contribution in [0.2, 0.25) is 0 Å². The van der Waals surface area contributed by atoms with Crippen LogP contribution < -0.4 is 4.74 Å². The Morgan fingerprint density at radius 2 is 2.24 bits per heavy atom. The van der Waals surface area contributed by atoms with Gasteiger partial charge in [0.25, 0.3) is 0 Å². The van der Waals surface area contributed by atoms with Crippen molar-refractivity contribution < 1.29 is 14.3 Å². The van der Waals surface area contributed by atoms with Crippen LogP contribution in [-0.4, -0.2) is 5.97 Å². The predicted octanol–water partition coefficient (Wildman–Crippen LogP) is 3.22. The van der Waals surface area contributed by atoms with Gasteiger partial charge in [-0.2, -0.15) is 0 Å². The maximum absolute atomic E-state index is 11.5. The first-order valence-corrected chi connectivity index (χ1v) is 5.38. The van der Waals surface area contributed by atoms with Gasteiger partial charge in [-0.15, -0.1) is 0 Å². The SMILES string of the molecule is C=COCc1cccc(OC(=O)C(=C)CC)c1. The van der Waals surface area contributed by atoms with Gasteiger partial charge in [-0.05, 0) is 24.1 Å². The Bertz CT molecular complexity index is 421. The van der Waals surface area contributed by atoms with Gasteiger partial charge in [0, 0.05) is 5.57 Å². The highest BCUT2D eigenvalue weighted by Crippen LogP contribution is 2.15. The van der Waals surface area contributed by atoms with Crippen LogP contribution in [0.15, 0.2) is 49.3 Å². The first-order chi connectivity index (χ1) is 8.17. The molecular weight excluding hydrogens is 216 g/mol. The van der Waals surface area contributed by atoms with E-state index in [9.17, 15) is 4.79 Å². The molecule has 0 aliphatic heterocycles. The summed E-state index contributed by atoms with van der Waals surface area (Å²) in [6.45, 7) is 9.36. The molecule has 1 aromatic carbocycles. The fraction of sp³-hybridized carbons (Fsp3) is 0.214. The van der Waals surface area contributed by atoms with Crippen molar-refractivity contribution in [1.29, 1.82) is 0 Å². The maximum Gasteiger partial charge on any atom is 0.338 e. The Morgan fingerprint density at radius 1 is 1.47 bits per heavy atom. The molecule has 0 unspecified atom stereocenters. The molecule has 0 saturated heterocycles. The minimum absolute atomic E-state index is 0.394. The van der Waals surface area contributed by atoms with E-state index in [0.717, 1.165) is 5.56 Å². The lowest BCUT2D eigenvalue weighted by atomic mass is 10.2. The van der Waals surface area contributed by atoms with Crippen LogP contribution in [0.4, 0.5) is 0 Å². The van der Waals surface area contributed by atoms with E-state index in [2.05, 4.69) is 13.2 Å². The zero-order chi connectivity index (χ0) is 12.7. The Kier molecular flexibility index (Phi) is 5.01. The third kappa shape index (κ3) is 4.15. The topological polar surface area (TPSA) is 35.5 Å². The summed E-state index contributed by atoms with van der Waals surface area (Å²) >= 11 is 0. The second-order valence-corrected chi connectivity index (χ2v) is 3.47. The lowest BCUT2D eigenvalue weighted by molar-refractivity contribution is -0.130. The summed E-state index contributed by atoms with van der Waals surface area (Å²) < 4.78 is 10.2. The van der Waals surface area contributed by atoms with E-state index in [1.807, 2.05) is 13.0 Å². The summed E-state index contributed by atoms with van der Waals surface area (Å²) in [6, 6.07) is 7.16. The third-order valence-corrected chi connectivity index (χ3v) is 2.19. The van der Waals surface area contributed by atoms with Gasteiger partial charge in [-0.1, -0.05) is 32.2 Å². The summed E-state index contributed by atoms with van der Waals surface area (Å²) in [5.41, 5.74) is 1.37. The number of carbonyl (C=O) groups excluding carboxylic acids is 1. The van der Waals surface area contributed by atoms with Crippen molar-refractivity contribution in [1.82, 2.24) is 0 Å². The molecule has 1 aromatic rings. The Balaban J connectivity index is 2.68. The molecule has 0 saturated carbocycles. The second kappa shape index (κ2) is 6.53. The van der Waals surface area contributed by atoms with Crippen molar-refractivity contribution in [2.45, 2.75) is 20.0 Å². The van der Waals surface area contributed by atoms with E-state index >= 15 is 0 Å². The lowest BCUT2D eigenvalue weighted by Crippen LogP contribution is -2.09. The van der Waals surface area contributed by atoms with Crippen molar-refractivity contribution in [3.05, 3.63) is 54.8 Å². The Morgan fingerprint density at radius 3 is 2.88 bits per heavy atom. The van der Waals surface area contributed by atoms with Gasteiger partial charge in [0.15, 0.2) is 0 Å². The molecule has 0 aliphatic rings. The molecule has 17 heavy (non-hydrogen) atoms. The summed E-state index contributed by atoms with van der Waals surface area (Å²) in [5.74, 6) is 0.101. The molecular formula is C14H16O3. The van der Waals surface area contributed by atoms with Crippen LogP contribution in [0, 0.1) is 0 Å². The first-order valence-electron chi connectivity index (χ1n) is 5.38. The predicted molar refractivity (Wildman–Crippen MR) is 66.5 cm³/mol. The number of esters is 1. The number of carbonyl (C=O) groups is 1. The zero-order valence-corrected chi connectivity index (χ0v) is 9.94. The second-order valence-electron chi connectivity index (χ2n) is 3.47. The number of hydrogen-bond donors (Lipinski definition) is 0. The van der Waals surface area contributed by atoms with Crippen molar-refractivity contribution in [3.63, 3.8) is 0 Å². The van der Waals surface area contributed by atoms with Crippen molar-refractivity contribution in [2.75, 3.05) is 0 Å². The summed E-state index contributed by atoms with van der Waals surface area (Å²) in [6.07, 6.45) is 1.95. The summed E-state index contributed by atoms with van der Waals surface area (Å²) in [4.78, 5) is 11.5. The van der Waals surface area contributed by atoms with Crippen molar-refractivity contribution in [2.24, 2.45) is 0 Å². The molecule has 0 atom stereocenters. The molecule has 0 N–H and O–H groups in total. The molecule has 1 rings (SSSR count). The maximum atomic E-state index is 11.5. The highest BCUT2D eigenvalue weighted by molar-refractivity contribution is 5.89. The van der Waals surface area contributed by atoms with Crippen molar-refractivity contribution >= 4 is 5.97 Å². The van der Waals surface area contributed by atoms with Gasteiger partial charge < -0.3 is 9.47 Å². The zero-order valence-electron chi connectivity index (χ0n) is 9.94.